The van der Waals surface area contributed by atoms with E-state index in [4.69, 9.17) is 0 Å². The van der Waals surface area contributed by atoms with Gasteiger partial charge in [-0.25, -0.2) is 0 Å². The lowest BCUT2D eigenvalue weighted by Gasteiger charge is -2.38. The predicted octanol–water partition coefficient (Wildman–Crippen LogP) is 0.310. The van der Waals surface area contributed by atoms with E-state index in [2.05, 4.69) is 11.9 Å². The SMILES string of the molecule is CN1CCCC(N(C)C(=O)C(C)(C)O)C1. The molecule has 0 aromatic carbocycles. The maximum absolute atomic E-state index is 11.8. The summed E-state index contributed by atoms with van der Waals surface area (Å²) >= 11 is 0. The fourth-order valence-electron chi connectivity index (χ4n) is 2.05. The molecule has 0 aromatic heterocycles. The van der Waals surface area contributed by atoms with Gasteiger partial charge in [-0.3, -0.25) is 4.79 Å². The van der Waals surface area contributed by atoms with Gasteiger partial charge in [0, 0.05) is 19.6 Å². The van der Waals surface area contributed by atoms with E-state index < -0.39 is 5.60 Å². The van der Waals surface area contributed by atoms with Crippen LogP contribution in [0.25, 0.3) is 0 Å². The van der Waals surface area contributed by atoms with Gasteiger partial charge in [0.15, 0.2) is 0 Å². The Kier molecular flexibility index (Phi) is 3.73. The van der Waals surface area contributed by atoms with Crippen LogP contribution in [0.4, 0.5) is 0 Å². The molecule has 1 fully saturated rings. The van der Waals surface area contributed by atoms with Crippen LogP contribution in [0.3, 0.4) is 0 Å². The highest BCUT2D eigenvalue weighted by molar-refractivity contribution is 5.84. The average molecular weight is 214 g/mol. The number of likely N-dealkylation sites (tertiary alicyclic amines) is 1. The monoisotopic (exact) mass is 214 g/mol. The van der Waals surface area contributed by atoms with Crippen molar-refractivity contribution in [3.05, 3.63) is 0 Å². The van der Waals surface area contributed by atoms with Crippen LogP contribution in [-0.2, 0) is 4.79 Å². The summed E-state index contributed by atoms with van der Waals surface area (Å²) in [5.74, 6) is -0.192. The van der Waals surface area contributed by atoms with Crippen LogP contribution in [0.5, 0.6) is 0 Å². The Balaban J connectivity index is 2.59. The molecule has 4 nitrogen and oxygen atoms in total. The minimum absolute atomic E-state index is 0.192. The van der Waals surface area contributed by atoms with Crippen LogP contribution in [0.1, 0.15) is 26.7 Å². The highest BCUT2D eigenvalue weighted by atomic mass is 16.3. The summed E-state index contributed by atoms with van der Waals surface area (Å²) in [5, 5.41) is 9.65. The van der Waals surface area contributed by atoms with Crippen molar-refractivity contribution in [2.45, 2.75) is 38.3 Å². The molecule has 1 aliphatic heterocycles. The van der Waals surface area contributed by atoms with E-state index in [1.165, 1.54) is 0 Å². The Bertz CT molecular complexity index is 235. The first-order chi connectivity index (χ1) is 6.82. The number of aliphatic hydroxyl groups is 1. The Morgan fingerprint density at radius 1 is 1.53 bits per heavy atom. The molecule has 1 N–H and O–H groups in total. The Morgan fingerprint density at radius 3 is 2.60 bits per heavy atom. The molecule has 4 heteroatoms. The number of likely N-dealkylation sites (N-methyl/N-ethyl adjacent to an activating group) is 2. The molecule has 1 aliphatic rings. The molecule has 0 aliphatic carbocycles. The largest absolute Gasteiger partial charge is 0.381 e. The Morgan fingerprint density at radius 2 is 2.13 bits per heavy atom. The second-order valence-corrected chi connectivity index (χ2v) is 5.03. The molecular weight excluding hydrogens is 192 g/mol. The standard InChI is InChI=1S/C11H22N2O2/c1-11(2,15)10(14)13(4)9-6-5-7-12(3)8-9/h9,15H,5-8H2,1-4H3. The maximum atomic E-state index is 11.8. The van der Waals surface area contributed by atoms with E-state index >= 15 is 0 Å². The normalized spacial score (nSPS) is 23.9. The molecule has 1 saturated heterocycles. The number of hydrogen-bond acceptors (Lipinski definition) is 3. The molecule has 0 bridgehead atoms. The summed E-state index contributed by atoms with van der Waals surface area (Å²) in [6.07, 6.45) is 2.15. The first-order valence-corrected chi connectivity index (χ1v) is 5.50. The molecule has 0 radical (unpaired) electrons. The third kappa shape index (κ3) is 3.18. The van der Waals surface area contributed by atoms with E-state index in [0.717, 1.165) is 25.9 Å². The number of nitrogens with zero attached hydrogens (tertiary/aromatic N) is 2. The van der Waals surface area contributed by atoms with Gasteiger partial charge in [-0.2, -0.15) is 0 Å². The van der Waals surface area contributed by atoms with Crippen molar-refractivity contribution in [1.29, 1.82) is 0 Å². The topological polar surface area (TPSA) is 43.8 Å². The summed E-state index contributed by atoms with van der Waals surface area (Å²) in [5.41, 5.74) is -1.26. The number of hydrogen-bond donors (Lipinski definition) is 1. The molecule has 1 unspecified atom stereocenters. The zero-order valence-electron chi connectivity index (χ0n) is 10.2. The molecule has 0 saturated carbocycles. The number of carbonyl (C=O) groups excluding carboxylic acids is 1. The van der Waals surface area contributed by atoms with Gasteiger partial charge in [-0.15, -0.1) is 0 Å². The van der Waals surface area contributed by atoms with E-state index in [1.54, 1.807) is 25.8 Å². The first kappa shape index (κ1) is 12.5. The molecule has 1 rings (SSSR count). The van der Waals surface area contributed by atoms with Crippen molar-refractivity contribution in [2.24, 2.45) is 0 Å². The maximum Gasteiger partial charge on any atom is 0.253 e. The van der Waals surface area contributed by atoms with Gasteiger partial charge in [0.05, 0.1) is 0 Å². The Hall–Kier alpha value is -0.610. The van der Waals surface area contributed by atoms with Crippen molar-refractivity contribution >= 4 is 5.91 Å². The van der Waals surface area contributed by atoms with Crippen LogP contribution in [-0.4, -0.2) is 59.6 Å². The molecule has 1 atom stereocenters. The highest BCUT2D eigenvalue weighted by Gasteiger charge is 2.32. The lowest BCUT2D eigenvalue weighted by Crippen LogP contribution is -2.52. The van der Waals surface area contributed by atoms with Crippen LogP contribution in [0, 0.1) is 0 Å². The predicted molar refractivity (Wildman–Crippen MR) is 59.6 cm³/mol. The molecule has 1 amide bonds. The van der Waals surface area contributed by atoms with Crippen LogP contribution >= 0.6 is 0 Å². The summed E-state index contributed by atoms with van der Waals surface area (Å²) in [7, 11) is 3.85. The summed E-state index contributed by atoms with van der Waals surface area (Å²) in [6, 6.07) is 0.239. The average Bonchev–Trinajstić information content (AvgIpc) is 2.14. The van der Waals surface area contributed by atoms with Gasteiger partial charge in [-0.05, 0) is 40.3 Å². The number of amides is 1. The number of piperidine rings is 1. The van der Waals surface area contributed by atoms with Gasteiger partial charge in [-0.1, -0.05) is 0 Å². The number of rotatable bonds is 2. The van der Waals surface area contributed by atoms with E-state index in [1.807, 2.05) is 0 Å². The van der Waals surface area contributed by atoms with Crippen molar-refractivity contribution in [3.63, 3.8) is 0 Å². The molecule has 88 valence electrons. The lowest BCUT2D eigenvalue weighted by atomic mass is 10.0. The van der Waals surface area contributed by atoms with Gasteiger partial charge in [0.25, 0.3) is 5.91 Å². The lowest BCUT2D eigenvalue weighted by molar-refractivity contribution is -0.149. The zero-order chi connectivity index (χ0) is 11.6. The molecule has 0 spiro atoms. The smallest absolute Gasteiger partial charge is 0.253 e. The van der Waals surface area contributed by atoms with E-state index in [-0.39, 0.29) is 11.9 Å². The van der Waals surface area contributed by atoms with Gasteiger partial charge >= 0.3 is 0 Å². The highest BCUT2D eigenvalue weighted by Crippen LogP contribution is 2.16. The van der Waals surface area contributed by atoms with Gasteiger partial charge < -0.3 is 14.9 Å². The molecule has 1 heterocycles. The fraction of sp³-hybridized carbons (Fsp3) is 0.909. The third-order valence-corrected chi connectivity index (χ3v) is 2.99. The minimum Gasteiger partial charge on any atom is -0.381 e. The first-order valence-electron chi connectivity index (χ1n) is 5.50. The fourth-order valence-corrected chi connectivity index (χ4v) is 2.05. The third-order valence-electron chi connectivity index (χ3n) is 2.99. The summed E-state index contributed by atoms with van der Waals surface area (Å²) < 4.78 is 0. The summed E-state index contributed by atoms with van der Waals surface area (Å²) in [6.45, 7) is 5.08. The van der Waals surface area contributed by atoms with Crippen molar-refractivity contribution in [1.82, 2.24) is 9.80 Å². The molecule has 15 heavy (non-hydrogen) atoms. The van der Waals surface area contributed by atoms with E-state index in [9.17, 15) is 9.90 Å². The van der Waals surface area contributed by atoms with Crippen LogP contribution in [0.2, 0.25) is 0 Å². The Labute approximate surface area is 91.9 Å². The van der Waals surface area contributed by atoms with Gasteiger partial charge in [0.1, 0.15) is 5.60 Å². The zero-order valence-corrected chi connectivity index (χ0v) is 10.2. The van der Waals surface area contributed by atoms with E-state index in [0.29, 0.717) is 0 Å². The quantitative estimate of drug-likeness (QED) is 0.719. The van der Waals surface area contributed by atoms with Crippen molar-refractivity contribution in [3.8, 4) is 0 Å². The van der Waals surface area contributed by atoms with Crippen LogP contribution < -0.4 is 0 Å². The molecule has 0 aromatic rings. The van der Waals surface area contributed by atoms with Crippen molar-refractivity contribution in [2.75, 3.05) is 27.2 Å². The summed E-state index contributed by atoms with van der Waals surface area (Å²) in [4.78, 5) is 15.7. The number of carbonyl (C=O) groups is 1. The van der Waals surface area contributed by atoms with Gasteiger partial charge in [0.2, 0.25) is 0 Å². The minimum atomic E-state index is -1.26. The van der Waals surface area contributed by atoms with Crippen molar-refractivity contribution < 1.29 is 9.90 Å². The molecular formula is C11H22N2O2. The van der Waals surface area contributed by atoms with Crippen LogP contribution in [0.15, 0.2) is 0 Å². The second kappa shape index (κ2) is 4.49. The second-order valence-electron chi connectivity index (χ2n) is 5.03.